The molecule has 1 aliphatic rings. The lowest BCUT2D eigenvalue weighted by Gasteiger charge is -2.30. The average molecular weight is 359 g/mol. The van der Waals surface area contributed by atoms with E-state index in [0.29, 0.717) is 29.8 Å². The van der Waals surface area contributed by atoms with Crippen molar-refractivity contribution in [3.05, 3.63) is 33.8 Å². The maximum Gasteiger partial charge on any atom is 0.237 e. The van der Waals surface area contributed by atoms with Gasteiger partial charge in [0, 0.05) is 35.2 Å². The Morgan fingerprint density at radius 1 is 1.35 bits per heavy atom. The van der Waals surface area contributed by atoms with Gasteiger partial charge in [-0.3, -0.25) is 4.79 Å². The Hall–Kier alpha value is -0.810. The molecule has 1 atom stereocenters. The Balaban J connectivity index is 1.99. The number of amides is 1. The van der Waals surface area contributed by atoms with Crippen LogP contribution in [0.15, 0.2) is 18.2 Å². The van der Waals surface area contributed by atoms with Crippen molar-refractivity contribution in [2.45, 2.75) is 38.1 Å². The summed E-state index contributed by atoms with van der Waals surface area (Å²) in [5.74, 6) is 0.0453. The van der Waals surface area contributed by atoms with Crippen LogP contribution in [0.1, 0.15) is 32.3 Å². The van der Waals surface area contributed by atoms with E-state index in [1.54, 1.807) is 12.1 Å². The first-order valence-corrected chi connectivity index (χ1v) is 8.64. The quantitative estimate of drug-likeness (QED) is 0.849. The van der Waals surface area contributed by atoms with Gasteiger partial charge < -0.3 is 15.8 Å². The van der Waals surface area contributed by atoms with Gasteiger partial charge in [0.1, 0.15) is 0 Å². The van der Waals surface area contributed by atoms with Gasteiger partial charge in [0.15, 0.2) is 0 Å². The smallest absolute Gasteiger partial charge is 0.237 e. The van der Waals surface area contributed by atoms with Gasteiger partial charge in [0.25, 0.3) is 0 Å². The molecule has 1 aromatic carbocycles. The summed E-state index contributed by atoms with van der Waals surface area (Å²) in [6, 6.07) is 4.92. The predicted molar refractivity (Wildman–Crippen MR) is 94.0 cm³/mol. The van der Waals surface area contributed by atoms with Crippen molar-refractivity contribution in [3.63, 3.8) is 0 Å². The Morgan fingerprint density at radius 3 is 2.48 bits per heavy atom. The number of nitrogens with two attached hydrogens (primary N) is 1. The van der Waals surface area contributed by atoms with E-state index in [4.69, 9.17) is 33.7 Å². The molecule has 128 valence electrons. The largest absolute Gasteiger partial charge is 0.381 e. The number of carbonyl (C=O) groups is 1. The lowest BCUT2D eigenvalue weighted by atomic mass is 9.84. The van der Waals surface area contributed by atoms with Crippen LogP contribution in [0.4, 0.5) is 0 Å². The zero-order chi connectivity index (χ0) is 17.0. The molecule has 1 fully saturated rings. The topological polar surface area (TPSA) is 64.4 Å². The molecule has 1 aliphatic heterocycles. The molecule has 4 nitrogen and oxygen atoms in total. The van der Waals surface area contributed by atoms with Crippen LogP contribution >= 0.6 is 23.2 Å². The number of carbonyl (C=O) groups excluding carboxylic acids is 1. The molecule has 3 N–H and O–H groups in total. The third-order valence-corrected chi connectivity index (χ3v) is 5.05. The fourth-order valence-corrected chi connectivity index (χ4v) is 3.86. The fraction of sp³-hybridized carbons (Fsp3) is 0.588. The second-order valence-electron chi connectivity index (χ2n) is 6.67. The van der Waals surface area contributed by atoms with Crippen molar-refractivity contribution in [1.29, 1.82) is 0 Å². The highest BCUT2D eigenvalue weighted by atomic mass is 35.5. The van der Waals surface area contributed by atoms with Crippen LogP contribution in [0, 0.1) is 5.92 Å². The van der Waals surface area contributed by atoms with Gasteiger partial charge in [-0.2, -0.15) is 0 Å². The third kappa shape index (κ3) is 4.60. The molecule has 6 heteroatoms. The first-order chi connectivity index (χ1) is 10.8. The number of halogens is 2. The average Bonchev–Trinajstić information content (AvgIpc) is 2.52. The van der Waals surface area contributed by atoms with Gasteiger partial charge >= 0.3 is 0 Å². The first kappa shape index (κ1) is 18.5. The molecule has 1 heterocycles. The van der Waals surface area contributed by atoms with Crippen molar-refractivity contribution in [2.24, 2.45) is 11.7 Å². The Morgan fingerprint density at radius 2 is 1.91 bits per heavy atom. The third-order valence-electron chi connectivity index (χ3n) is 4.42. The van der Waals surface area contributed by atoms with Crippen LogP contribution in [-0.4, -0.2) is 31.7 Å². The van der Waals surface area contributed by atoms with E-state index < -0.39 is 6.04 Å². The molecule has 1 aromatic rings. The highest BCUT2D eigenvalue weighted by molar-refractivity contribution is 6.36. The maximum atomic E-state index is 12.3. The number of rotatable bonds is 5. The number of benzene rings is 1. The zero-order valence-electron chi connectivity index (χ0n) is 13.6. The zero-order valence-corrected chi connectivity index (χ0v) is 15.1. The van der Waals surface area contributed by atoms with Crippen molar-refractivity contribution >= 4 is 29.1 Å². The van der Waals surface area contributed by atoms with E-state index in [1.165, 1.54) is 0 Å². The minimum atomic E-state index is -0.503. The van der Waals surface area contributed by atoms with Crippen LogP contribution in [0.5, 0.6) is 0 Å². The number of ether oxygens (including phenoxy) is 1. The fourth-order valence-electron chi connectivity index (χ4n) is 2.95. The second-order valence-corrected chi connectivity index (χ2v) is 7.49. The highest BCUT2D eigenvalue weighted by Gasteiger charge is 2.30. The summed E-state index contributed by atoms with van der Waals surface area (Å²) in [5.41, 5.74) is 6.55. The first-order valence-electron chi connectivity index (χ1n) is 7.88. The molecule has 0 bridgehead atoms. The van der Waals surface area contributed by atoms with Gasteiger partial charge in [0.05, 0.1) is 6.04 Å². The van der Waals surface area contributed by atoms with Crippen LogP contribution in [0.3, 0.4) is 0 Å². The SMILES string of the molecule is CC(C)(CNC(=O)C(N)C1CCOCC1)c1c(Cl)cccc1Cl. The van der Waals surface area contributed by atoms with Gasteiger partial charge in [0.2, 0.25) is 5.91 Å². The molecule has 0 aliphatic carbocycles. The summed E-state index contributed by atoms with van der Waals surface area (Å²) in [7, 11) is 0. The standard InChI is InChI=1S/C17H24Cl2N2O2/c1-17(2,14-12(18)4-3-5-13(14)19)10-21-16(22)15(20)11-6-8-23-9-7-11/h3-5,11,15H,6-10,20H2,1-2H3,(H,21,22). The van der Waals surface area contributed by atoms with Crippen molar-refractivity contribution < 1.29 is 9.53 Å². The van der Waals surface area contributed by atoms with Gasteiger partial charge in [-0.1, -0.05) is 43.1 Å². The molecule has 1 unspecified atom stereocenters. The lowest BCUT2D eigenvalue weighted by molar-refractivity contribution is -0.124. The van der Waals surface area contributed by atoms with E-state index >= 15 is 0 Å². The molecule has 0 spiro atoms. The van der Waals surface area contributed by atoms with E-state index in [9.17, 15) is 4.79 Å². The lowest BCUT2D eigenvalue weighted by Crippen LogP contribution is -2.49. The summed E-state index contributed by atoms with van der Waals surface area (Å²) in [6.07, 6.45) is 1.66. The van der Waals surface area contributed by atoms with Gasteiger partial charge in [-0.05, 0) is 36.5 Å². The summed E-state index contributed by atoms with van der Waals surface area (Å²) in [4.78, 5) is 12.3. The maximum absolute atomic E-state index is 12.3. The Labute approximate surface area is 147 Å². The molecule has 0 saturated carbocycles. The summed E-state index contributed by atoms with van der Waals surface area (Å²) < 4.78 is 5.31. The molecule has 0 aromatic heterocycles. The Bertz CT molecular complexity index is 537. The van der Waals surface area contributed by atoms with Crippen molar-refractivity contribution in [2.75, 3.05) is 19.8 Å². The molecular formula is C17H24Cl2N2O2. The normalized spacial score (nSPS) is 17.8. The molecule has 23 heavy (non-hydrogen) atoms. The minimum Gasteiger partial charge on any atom is -0.381 e. The van der Waals surface area contributed by atoms with Crippen LogP contribution in [0.25, 0.3) is 0 Å². The van der Waals surface area contributed by atoms with Crippen molar-refractivity contribution in [3.8, 4) is 0 Å². The van der Waals surface area contributed by atoms with Gasteiger partial charge in [-0.25, -0.2) is 0 Å². The number of hydrogen-bond acceptors (Lipinski definition) is 3. The second kappa shape index (κ2) is 7.84. The van der Waals surface area contributed by atoms with E-state index in [0.717, 1.165) is 18.4 Å². The number of hydrogen-bond donors (Lipinski definition) is 2. The van der Waals surface area contributed by atoms with Gasteiger partial charge in [-0.15, -0.1) is 0 Å². The van der Waals surface area contributed by atoms with Crippen LogP contribution in [-0.2, 0) is 14.9 Å². The minimum absolute atomic E-state index is 0.131. The molecular weight excluding hydrogens is 335 g/mol. The predicted octanol–water partition coefficient (Wildman–Crippen LogP) is 3.14. The molecule has 1 saturated heterocycles. The monoisotopic (exact) mass is 358 g/mol. The van der Waals surface area contributed by atoms with Crippen LogP contribution < -0.4 is 11.1 Å². The van der Waals surface area contributed by atoms with Crippen molar-refractivity contribution in [1.82, 2.24) is 5.32 Å². The molecule has 0 radical (unpaired) electrons. The molecule has 2 rings (SSSR count). The van der Waals surface area contributed by atoms with E-state index in [-0.39, 0.29) is 17.2 Å². The molecule has 1 amide bonds. The summed E-state index contributed by atoms with van der Waals surface area (Å²) >= 11 is 12.6. The van der Waals surface area contributed by atoms with E-state index in [2.05, 4.69) is 5.32 Å². The van der Waals surface area contributed by atoms with E-state index in [1.807, 2.05) is 19.9 Å². The summed E-state index contributed by atoms with van der Waals surface area (Å²) in [6.45, 7) is 5.77. The van der Waals surface area contributed by atoms with Crippen LogP contribution in [0.2, 0.25) is 10.0 Å². The highest BCUT2D eigenvalue weighted by Crippen LogP contribution is 2.35. The number of nitrogens with one attached hydrogen (secondary N) is 1. The Kier molecular flexibility index (Phi) is 6.32. The summed E-state index contributed by atoms with van der Waals surface area (Å²) in [5, 5.41) is 4.16.